The van der Waals surface area contributed by atoms with Crippen molar-refractivity contribution in [1.29, 1.82) is 0 Å². The second-order valence-corrected chi connectivity index (χ2v) is 6.32. The summed E-state index contributed by atoms with van der Waals surface area (Å²) in [6.07, 6.45) is 1.80. The lowest BCUT2D eigenvalue weighted by atomic mass is 10.0. The van der Waals surface area contributed by atoms with Gasteiger partial charge in [0.2, 0.25) is 0 Å². The average Bonchev–Trinajstić information content (AvgIpc) is 2.58. The molecule has 0 aliphatic carbocycles. The summed E-state index contributed by atoms with van der Waals surface area (Å²) in [6.45, 7) is 6.79. The Morgan fingerprint density at radius 3 is 2.71 bits per heavy atom. The lowest BCUT2D eigenvalue weighted by molar-refractivity contribution is 0.249. The highest BCUT2D eigenvalue weighted by atomic mass is 16.4. The second kappa shape index (κ2) is 6.57. The summed E-state index contributed by atoms with van der Waals surface area (Å²) in [4.78, 5) is 18.6. The van der Waals surface area contributed by atoms with Crippen LogP contribution >= 0.6 is 0 Å². The van der Waals surface area contributed by atoms with Gasteiger partial charge in [0.1, 0.15) is 5.58 Å². The highest BCUT2D eigenvalue weighted by molar-refractivity contribution is 5.83. The number of aryl methyl sites for hydroxylation is 2. The molecular weight excluding hydrogens is 300 g/mol. The smallest absolute Gasteiger partial charge is 0.336 e. The molecule has 4 nitrogen and oxygen atoms in total. The third-order valence-corrected chi connectivity index (χ3v) is 4.71. The van der Waals surface area contributed by atoms with Crippen LogP contribution in [0.4, 0.5) is 0 Å². The molecule has 4 heteroatoms. The van der Waals surface area contributed by atoms with E-state index in [9.17, 15) is 4.79 Å². The number of aromatic nitrogens is 1. The maximum atomic E-state index is 12.0. The van der Waals surface area contributed by atoms with E-state index in [4.69, 9.17) is 4.42 Å². The predicted molar refractivity (Wildman–Crippen MR) is 96.1 cm³/mol. The van der Waals surface area contributed by atoms with Gasteiger partial charge in [-0.25, -0.2) is 4.79 Å². The van der Waals surface area contributed by atoms with Crippen molar-refractivity contribution in [2.24, 2.45) is 0 Å². The molecule has 0 unspecified atom stereocenters. The quantitative estimate of drug-likeness (QED) is 0.681. The van der Waals surface area contributed by atoms with Gasteiger partial charge in [0.25, 0.3) is 0 Å². The zero-order valence-corrected chi connectivity index (χ0v) is 14.5. The van der Waals surface area contributed by atoms with Gasteiger partial charge in [0.15, 0.2) is 0 Å². The molecule has 2 aromatic heterocycles. The minimum Gasteiger partial charge on any atom is -0.422 e. The zero-order valence-electron chi connectivity index (χ0n) is 14.5. The minimum atomic E-state index is -0.301. The van der Waals surface area contributed by atoms with E-state index in [1.165, 1.54) is 0 Å². The Balaban J connectivity index is 1.98. The molecule has 0 spiro atoms. The molecule has 1 aromatic carbocycles. The number of rotatable bonds is 4. The fourth-order valence-electron chi connectivity index (χ4n) is 2.91. The van der Waals surface area contributed by atoms with Crippen LogP contribution in [0.25, 0.3) is 11.0 Å². The van der Waals surface area contributed by atoms with E-state index in [-0.39, 0.29) is 11.7 Å². The number of fused-ring (bicyclic) bond motifs is 1. The highest BCUT2D eigenvalue weighted by Crippen LogP contribution is 2.26. The molecule has 3 rings (SSSR count). The van der Waals surface area contributed by atoms with Crippen molar-refractivity contribution < 1.29 is 4.42 Å². The van der Waals surface area contributed by atoms with Crippen molar-refractivity contribution in [2.45, 2.75) is 33.4 Å². The summed E-state index contributed by atoms with van der Waals surface area (Å²) in [5.74, 6) is 0. The van der Waals surface area contributed by atoms with Crippen molar-refractivity contribution in [2.75, 3.05) is 7.05 Å². The van der Waals surface area contributed by atoms with Gasteiger partial charge in [-0.3, -0.25) is 9.88 Å². The first kappa shape index (κ1) is 16.4. The van der Waals surface area contributed by atoms with Crippen molar-refractivity contribution in [1.82, 2.24) is 9.88 Å². The molecule has 24 heavy (non-hydrogen) atoms. The Morgan fingerprint density at radius 2 is 2.00 bits per heavy atom. The first-order valence-electron chi connectivity index (χ1n) is 8.11. The number of benzene rings is 1. The van der Waals surface area contributed by atoms with Crippen molar-refractivity contribution >= 4 is 11.0 Å². The van der Waals surface area contributed by atoms with Gasteiger partial charge in [0.05, 0.1) is 5.69 Å². The molecule has 0 saturated carbocycles. The van der Waals surface area contributed by atoms with E-state index in [0.29, 0.717) is 12.1 Å². The SMILES string of the molecule is Cc1ccc2c(CN(C)[C@H](C)c3ccccn3)cc(=O)oc2c1C. The van der Waals surface area contributed by atoms with Crippen LogP contribution in [0.3, 0.4) is 0 Å². The standard InChI is InChI=1S/C20H22N2O2/c1-13-8-9-17-16(11-19(23)24-20(17)14(13)2)12-22(4)15(3)18-7-5-6-10-21-18/h5-11,15H,12H2,1-4H3/t15-/m1/s1. The van der Waals surface area contributed by atoms with Crippen LogP contribution < -0.4 is 5.63 Å². The number of pyridine rings is 1. The summed E-state index contributed by atoms with van der Waals surface area (Å²) in [7, 11) is 2.04. The van der Waals surface area contributed by atoms with Crippen LogP contribution in [0.5, 0.6) is 0 Å². The van der Waals surface area contributed by atoms with Crippen LogP contribution in [0.15, 0.2) is 51.8 Å². The lowest BCUT2D eigenvalue weighted by Gasteiger charge is -2.24. The Bertz CT molecular complexity index is 916. The largest absolute Gasteiger partial charge is 0.422 e. The van der Waals surface area contributed by atoms with Gasteiger partial charge in [0, 0.05) is 30.2 Å². The number of nitrogens with zero attached hydrogens (tertiary/aromatic N) is 2. The van der Waals surface area contributed by atoms with Crippen LogP contribution in [0.1, 0.15) is 35.3 Å². The highest BCUT2D eigenvalue weighted by Gasteiger charge is 2.16. The van der Waals surface area contributed by atoms with Crippen molar-refractivity contribution in [3.05, 3.63) is 75.4 Å². The molecular formula is C20H22N2O2. The summed E-state index contributed by atoms with van der Waals surface area (Å²) in [6, 6.07) is 11.8. The molecule has 0 fully saturated rings. The van der Waals surface area contributed by atoms with E-state index in [1.54, 1.807) is 12.3 Å². The Labute approximate surface area is 141 Å². The summed E-state index contributed by atoms with van der Waals surface area (Å²) in [5, 5.41) is 0.998. The lowest BCUT2D eigenvalue weighted by Crippen LogP contribution is -2.23. The van der Waals surface area contributed by atoms with Gasteiger partial charge >= 0.3 is 5.63 Å². The van der Waals surface area contributed by atoms with Crippen LogP contribution in [0, 0.1) is 13.8 Å². The van der Waals surface area contributed by atoms with E-state index < -0.39 is 0 Å². The normalized spacial score (nSPS) is 12.7. The summed E-state index contributed by atoms with van der Waals surface area (Å²) < 4.78 is 5.45. The molecule has 1 atom stereocenters. The third kappa shape index (κ3) is 3.10. The van der Waals surface area contributed by atoms with Crippen LogP contribution in [-0.4, -0.2) is 16.9 Å². The molecule has 3 aromatic rings. The molecule has 0 bridgehead atoms. The molecule has 2 heterocycles. The van der Waals surface area contributed by atoms with Gasteiger partial charge < -0.3 is 4.42 Å². The summed E-state index contributed by atoms with van der Waals surface area (Å²) in [5.41, 5.74) is 4.53. The maximum absolute atomic E-state index is 12.0. The Morgan fingerprint density at radius 1 is 1.21 bits per heavy atom. The van der Waals surface area contributed by atoms with Gasteiger partial charge in [-0.1, -0.05) is 18.2 Å². The Hall–Kier alpha value is -2.46. The monoisotopic (exact) mass is 322 g/mol. The maximum Gasteiger partial charge on any atom is 0.336 e. The number of hydrogen-bond acceptors (Lipinski definition) is 4. The molecule has 0 aliphatic heterocycles. The number of hydrogen-bond donors (Lipinski definition) is 0. The first-order valence-corrected chi connectivity index (χ1v) is 8.11. The Kier molecular flexibility index (Phi) is 4.49. The van der Waals surface area contributed by atoms with Gasteiger partial charge in [-0.05, 0) is 56.6 Å². The van der Waals surface area contributed by atoms with Crippen molar-refractivity contribution in [3.8, 4) is 0 Å². The fraction of sp³-hybridized carbons (Fsp3) is 0.300. The van der Waals surface area contributed by atoms with E-state index in [2.05, 4.69) is 22.9 Å². The molecule has 0 amide bonds. The molecule has 0 aliphatic rings. The predicted octanol–water partition coefficient (Wildman–Crippen LogP) is 4.00. The molecule has 0 N–H and O–H groups in total. The summed E-state index contributed by atoms with van der Waals surface area (Å²) >= 11 is 0. The third-order valence-electron chi connectivity index (χ3n) is 4.71. The fourth-order valence-corrected chi connectivity index (χ4v) is 2.91. The molecule has 124 valence electrons. The zero-order chi connectivity index (χ0) is 17.3. The van der Waals surface area contributed by atoms with Crippen LogP contribution in [-0.2, 0) is 6.54 Å². The van der Waals surface area contributed by atoms with E-state index >= 15 is 0 Å². The second-order valence-electron chi connectivity index (χ2n) is 6.32. The topological polar surface area (TPSA) is 46.3 Å². The van der Waals surface area contributed by atoms with Gasteiger partial charge in [-0.15, -0.1) is 0 Å². The van der Waals surface area contributed by atoms with Crippen molar-refractivity contribution in [3.63, 3.8) is 0 Å². The van der Waals surface area contributed by atoms with E-state index in [1.807, 2.05) is 45.2 Å². The average molecular weight is 322 g/mol. The molecule has 0 saturated heterocycles. The molecule has 0 radical (unpaired) electrons. The van der Waals surface area contributed by atoms with E-state index in [0.717, 1.165) is 27.8 Å². The van der Waals surface area contributed by atoms with Gasteiger partial charge in [-0.2, -0.15) is 0 Å². The van der Waals surface area contributed by atoms with Crippen LogP contribution in [0.2, 0.25) is 0 Å². The first-order chi connectivity index (χ1) is 11.5. The minimum absolute atomic E-state index is 0.153.